The monoisotopic (exact) mass is 421 g/mol. The van der Waals surface area contributed by atoms with Crippen molar-refractivity contribution in [3.63, 3.8) is 0 Å². The Hall–Kier alpha value is -2.49. The quantitative estimate of drug-likeness (QED) is 0.564. The highest BCUT2D eigenvalue weighted by Crippen LogP contribution is 2.54. The lowest BCUT2D eigenvalue weighted by Gasteiger charge is -2.49. The molecular formula is C27H35NO3. The minimum Gasteiger partial charge on any atom is -0.508 e. The smallest absolute Gasteiger partial charge is 0.251 e. The number of fused-ring (bicyclic) bond motifs is 3. The summed E-state index contributed by atoms with van der Waals surface area (Å²) in [5.74, 6) is 1.66. The Balaban J connectivity index is 1.56. The molecule has 3 unspecified atom stereocenters. The predicted octanol–water partition coefficient (Wildman–Crippen LogP) is 5.98. The van der Waals surface area contributed by atoms with Crippen molar-refractivity contribution < 1.29 is 14.6 Å². The van der Waals surface area contributed by atoms with Gasteiger partial charge in [-0.25, -0.2) is 0 Å². The molecule has 0 aromatic heterocycles. The summed E-state index contributed by atoms with van der Waals surface area (Å²) in [6.45, 7) is 6.53. The van der Waals surface area contributed by atoms with Gasteiger partial charge in [-0.15, -0.1) is 0 Å². The average molecular weight is 422 g/mol. The van der Waals surface area contributed by atoms with Crippen LogP contribution in [-0.2, 0) is 6.42 Å². The number of hydrogen-bond acceptors (Lipinski definition) is 3. The van der Waals surface area contributed by atoms with Crippen molar-refractivity contribution in [2.75, 3.05) is 0 Å². The van der Waals surface area contributed by atoms with Crippen LogP contribution in [0.4, 0.5) is 0 Å². The SMILES string of the molecule is CCCCCc1cc(O)c2c(c1)OC(C)(C)C1CCC(NC(=O)c3ccccc3)CC21. The zero-order valence-corrected chi connectivity index (χ0v) is 19.0. The van der Waals surface area contributed by atoms with Crippen LogP contribution in [0.25, 0.3) is 0 Å². The third-order valence-electron chi connectivity index (χ3n) is 7.11. The Bertz CT molecular complexity index is 922. The summed E-state index contributed by atoms with van der Waals surface area (Å²) in [6.07, 6.45) is 7.18. The van der Waals surface area contributed by atoms with E-state index in [0.29, 0.717) is 17.2 Å². The zero-order chi connectivity index (χ0) is 22.0. The van der Waals surface area contributed by atoms with Gasteiger partial charge in [-0.2, -0.15) is 0 Å². The van der Waals surface area contributed by atoms with Crippen molar-refractivity contribution in [3.8, 4) is 11.5 Å². The number of rotatable bonds is 6. The fourth-order valence-corrected chi connectivity index (χ4v) is 5.52. The van der Waals surface area contributed by atoms with Crippen LogP contribution < -0.4 is 10.1 Å². The van der Waals surface area contributed by atoms with Crippen molar-refractivity contribution in [2.45, 2.75) is 83.3 Å². The third kappa shape index (κ3) is 4.58. The normalized spacial score (nSPS) is 23.9. The third-order valence-corrected chi connectivity index (χ3v) is 7.11. The maximum absolute atomic E-state index is 12.7. The van der Waals surface area contributed by atoms with E-state index in [9.17, 15) is 9.90 Å². The number of phenols is 1. The van der Waals surface area contributed by atoms with Gasteiger partial charge in [-0.05, 0) is 81.7 Å². The molecule has 0 bridgehead atoms. The summed E-state index contributed by atoms with van der Waals surface area (Å²) >= 11 is 0. The summed E-state index contributed by atoms with van der Waals surface area (Å²) in [7, 11) is 0. The molecule has 2 aliphatic rings. The van der Waals surface area contributed by atoms with Crippen LogP contribution in [0, 0.1) is 5.92 Å². The number of hydrogen-bond donors (Lipinski definition) is 2. The first-order chi connectivity index (χ1) is 14.9. The van der Waals surface area contributed by atoms with Gasteiger partial charge in [0, 0.05) is 23.1 Å². The number of aromatic hydroxyl groups is 1. The lowest BCUT2D eigenvalue weighted by molar-refractivity contribution is -0.0117. The number of aryl methyl sites for hydroxylation is 1. The minimum absolute atomic E-state index is 0.0221. The number of ether oxygens (including phenoxy) is 1. The first-order valence-electron chi connectivity index (χ1n) is 11.8. The number of unbranched alkanes of at least 4 members (excludes halogenated alkanes) is 2. The molecule has 3 atom stereocenters. The molecule has 166 valence electrons. The average Bonchev–Trinajstić information content (AvgIpc) is 2.73. The van der Waals surface area contributed by atoms with Gasteiger partial charge in [-0.3, -0.25) is 4.79 Å². The second-order valence-electron chi connectivity index (χ2n) is 9.75. The Labute approximate surface area is 186 Å². The summed E-state index contributed by atoms with van der Waals surface area (Å²) < 4.78 is 6.45. The summed E-state index contributed by atoms with van der Waals surface area (Å²) in [5, 5.41) is 14.2. The van der Waals surface area contributed by atoms with E-state index in [-0.39, 0.29) is 23.5 Å². The van der Waals surface area contributed by atoms with Crippen molar-refractivity contribution >= 4 is 5.91 Å². The van der Waals surface area contributed by atoms with Crippen LogP contribution in [0.2, 0.25) is 0 Å². The second kappa shape index (κ2) is 8.94. The molecule has 1 saturated carbocycles. The van der Waals surface area contributed by atoms with Gasteiger partial charge in [0.05, 0.1) is 0 Å². The zero-order valence-electron chi connectivity index (χ0n) is 19.0. The molecule has 1 aliphatic heterocycles. The van der Waals surface area contributed by atoms with Gasteiger partial charge in [-0.1, -0.05) is 38.0 Å². The second-order valence-corrected chi connectivity index (χ2v) is 9.75. The molecule has 1 heterocycles. The summed E-state index contributed by atoms with van der Waals surface area (Å²) in [6, 6.07) is 13.5. The standard InChI is InChI=1S/C27H35NO3/c1-4-5-7-10-18-15-23(29)25-21-17-20(28-26(30)19-11-8-6-9-12-19)13-14-22(21)27(2,3)31-24(25)16-18/h6,8-9,11-12,15-16,20-22,29H,4-5,7,10,13-14,17H2,1-3H3,(H,28,30). The van der Waals surface area contributed by atoms with Gasteiger partial charge in [0.2, 0.25) is 0 Å². The van der Waals surface area contributed by atoms with Crippen LogP contribution >= 0.6 is 0 Å². The van der Waals surface area contributed by atoms with Crippen LogP contribution in [0.5, 0.6) is 11.5 Å². The lowest BCUT2D eigenvalue weighted by Crippen LogP contribution is -2.50. The Morgan fingerprint density at radius 1 is 1.16 bits per heavy atom. The molecule has 1 aliphatic carbocycles. The van der Waals surface area contributed by atoms with Gasteiger partial charge >= 0.3 is 0 Å². The van der Waals surface area contributed by atoms with Crippen molar-refractivity contribution in [1.82, 2.24) is 5.32 Å². The number of carbonyl (C=O) groups is 1. The molecule has 0 radical (unpaired) electrons. The van der Waals surface area contributed by atoms with E-state index in [1.54, 1.807) is 0 Å². The van der Waals surface area contributed by atoms with E-state index in [4.69, 9.17) is 4.74 Å². The van der Waals surface area contributed by atoms with Crippen LogP contribution in [0.3, 0.4) is 0 Å². The molecule has 2 N–H and O–H groups in total. The van der Waals surface area contributed by atoms with Crippen molar-refractivity contribution in [3.05, 3.63) is 59.2 Å². The molecule has 4 nitrogen and oxygen atoms in total. The van der Waals surface area contributed by atoms with Gasteiger partial charge in [0.1, 0.15) is 17.1 Å². The maximum atomic E-state index is 12.7. The number of benzene rings is 2. The largest absolute Gasteiger partial charge is 0.508 e. The number of phenolic OH excluding ortho intramolecular Hbond substituents is 1. The first kappa shape index (κ1) is 21.7. The van der Waals surface area contributed by atoms with Crippen LogP contribution in [-0.4, -0.2) is 22.7 Å². The van der Waals surface area contributed by atoms with Crippen molar-refractivity contribution in [2.24, 2.45) is 5.92 Å². The fraction of sp³-hybridized carbons (Fsp3) is 0.519. The molecule has 2 aromatic carbocycles. The van der Waals surface area contributed by atoms with Gasteiger partial charge in [0.15, 0.2) is 0 Å². The highest BCUT2D eigenvalue weighted by Gasteiger charge is 2.47. The Morgan fingerprint density at radius 3 is 2.68 bits per heavy atom. The fourth-order valence-electron chi connectivity index (χ4n) is 5.52. The summed E-state index contributed by atoms with van der Waals surface area (Å²) in [5.41, 5.74) is 2.48. The molecule has 1 amide bonds. The van der Waals surface area contributed by atoms with E-state index >= 15 is 0 Å². The van der Waals surface area contributed by atoms with E-state index in [0.717, 1.165) is 49.0 Å². The Morgan fingerprint density at radius 2 is 1.94 bits per heavy atom. The molecular weight excluding hydrogens is 386 g/mol. The Kier molecular flexibility index (Phi) is 6.27. The van der Waals surface area contributed by atoms with E-state index in [1.807, 2.05) is 36.4 Å². The number of carbonyl (C=O) groups excluding carboxylic acids is 1. The van der Waals surface area contributed by atoms with E-state index in [2.05, 4.69) is 32.2 Å². The molecule has 4 rings (SSSR count). The van der Waals surface area contributed by atoms with Crippen LogP contribution in [0.1, 0.15) is 86.7 Å². The molecule has 31 heavy (non-hydrogen) atoms. The molecule has 0 spiro atoms. The highest BCUT2D eigenvalue weighted by atomic mass is 16.5. The van der Waals surface area contributed by atoms with E-state index in [1.165, 1.54) is 12.8 Å². The highest BCUT2D eigenvalue weighted by molar-refractivity contribution is 5.94. The molecule has 4 heteroatoms. The maximum Gasteiger partial charge on any atom is 0.251 e. The topological polar surface area (TPSA) is 58.6 Å². The van der Waals surface area contributed by atoms with E-state index < -0.39 is 0 Å². The van der Waals surface area contributed by atoms with Crippen LogP contribution in [0.15, 0.2) is 42.5 Å². The lowest BCUT2D eigenvalue weighted by atomic mass is 9.65. The van der Waals surface area contributed by atoms with Crippen molar-refractivity contribution in [1.29, 1.82) is 0 Å². The molecule has 1 fully saturated rings. The summed E-state index contributed by atoms with van der Waals surface area (Å²) in [4.78, 5) is 12.7. The van der Waals surface area contributed by atoms with Gasteiger partial charge in [0.25, 0.3) is 5.91 Å². The predicted molar refractivity (Wildman–Crippen MR) is 124 cm³/mol. The van der Waals surface area contributed by atoms with Gasteiger partial charge < -0.3 is 15.2 Å². The number of amides is 1. The first-order valence-corrected chi connectivity index (χ1v) is 11.8. The molecule has 0 saturated heterocycles. The molecule has 2 aromatic rings. The minimum atomic E-state index is -0.291. The number of nitrogens with one attached hydrogen (secondary N) is 1.